The minimum Gasteiger partial charge on any atom is -0.215 e. The summed E-state index contributed by atoms with van der Waals surface area (Å²) < 4.78 is 76.9. The van der Waals surface area contributed by atoms with Gasteiger partial charge in [0.05, 0.1) is 5.75 Å². The number of sulfonamides is 2. The first-order chi connectivity index (χ1) is 9.59. The van der Waals surface area contributed by atoms with Crippen molar-refractivity contribution in [2.75, 3.05) is 18.8 Å². The third-order valence-corrected chi connectivity index (χ3v) is 6.15. The smallest absolute Gasteiger partial charge is 0.215 e. The van der Waals surface area contributed by atoms with Gasteiger partial charge in [0.2, 0.25) is 20.0 Å². The molecule has 1 aromatic carbocycles. The molecule has 0 fully saturated rings. The Morgan fingerprint density at radius 1 is 1.14 bits per heavy atom. The van der Waals surface area contributed by atoms with E-state index >= 15 is 0 Å². The van der Waals surface area contributed by atoms with E-state index in [0.717, 1.165) is 6.07 Å². The molecular weight excluding hydrogens is 394 g/mol. The van der Waals surface area contributed by atoms with Crippen molar-refractivity contribution in [1.29, 1.82) is 0 Å². The summed E-state index contributed by atoms with van der Waals surface area (Å²) >= 11 is 2.76. The number of rotatable bonds is 7. The molecule has 0 bridgehead atoms. The SMILES string of the molecule is CCNS(=O)(=O)CCNS(=O)(=O)c1c(F)cc(F)cc1Br. The largest absolute Gasteiger partial charge is 0.244 e. The summed E-state index contributed by atoms with van der Waals surface area (Å²) in [5.74, 6) is -2.71. The number of halogens is 3. The summed E-state index contributed by atoms with van der Waals surface area (Å²) in [7, 11) is -7.91. The van der Waals surface area contributed by atoms with Crippen LogP contribution in [-0.4, -0.2) is 35.7 Å². The van der Waals surface area contributed by atoms with E-state index < -0.39 is 48.9 Å². The molecule has 11 heteroatoms. The van der Waals surface area contributed by atoms with Crippen LogP contribution in [0.4, 0.5) is 8.78 Å². The van der Waals surface area contributed by atoms with E-state index in [4.69, 9.17) is 0 Å². The summed E-state index contributed by atoms with van der Waals surface area (Å²) in [5, 5.41) is 0. The van der Waals surface area contributed by atoms with Crippen molar-refractivity contribution in [3.8, 4) is 0 Å². The highest BCUT2D eigenvalue weighted by Gasteiger charge is 2.24. The summed E-state index contributed by atoms with van der Waals surface area (Å²) in [5.41, 5.74) is 0. The van der Waals surface area contributed by atoms with Crippen LogP contribution in [0.2, 0.25) is 0 Å². The summed E-state index contributed by atoms with van der Waals surface area (Å²) in [6.07, 6.45) is 0. The minimum atomic E-state index is -4.31. The normalized spacial score (nSPS) is 12.6. The van der Waals surface area contributed by atoms with Crippen LogP contribution < -0.4 is 9.44 Å². The maximum absolute atomic E-state index is 13.6. The van der Waals surface area contributed by atoms with Gasteiger partial charge in [-0.3, -0.25) is 0 Å². The molecule has 0 aromatic heterocycles. The molecule has 0 saturated carbocycles. The van der Waals surface area contributed by atoms with E-state index in [1.54, 1.807) is 6.92 Å². The van der Waals surface area contributed by atoms with Crippen molar-refractivity contribution in [1.82, 2.24) is 9.44 Å². The molecule has 1 aromatic rings. The highest BCUT2D eigenvalue weighted by Crippen LogP contribution is 2.25. The lowest BCUT2D eigenvalue weighted by Gasteiger charge is -2.10. The van der Waals surface area contributed by atoms with Crippen LogP contribution >= 0.6 is 15.9 Å². The Morgan fingerprint density at radius 2 is 1.76 bits per heavy atom. The third-order valence-electron chi connectivity index (χ3n) is 2.26. The van der Waals surface area contributed by atoms with Gasteiger partial charge in [-0.15, -0.1) is 0 Å². The van der Waals surface area contributed by atoms with Gasteiger partial charge >= 0.3 is 0 Å². The third kappa shape index (κ3) is 5.25. The van der Waals surface area contributed by atoms with E-state index in [9.17, 15) is 25.6 Å². The molecule has 0 aliphatic carbocycles. The second kappa shape index (κ2) is 7.09. The number of hydrogen-bond acceptors (Lipinski definition) is 4. The predicted molar refractivity (Wildman–Crippen MR) is 76.7 cm³/mol. The fraction of sp³-hybridized carbons (Fsp3) is 0.400. The summed E-state index contributed by atoms with van der Waals surface area (Å²) in [6, 6.07) is 1.22. The van der Waals surface area contributed by atoms with Crippen LogP contribution in [0.25, 0.3) is 0 Å². The lowest BCUT2D eigenvalue weighted by atomic mass is 10.3. The van der Waals surface area contributed by atoms with Crippen LogP contribution in [0.5, 0.6) is 0 Å². The first-order valence-electron chi connectivity index (χ1n) is 5.70. The second-order valence-corrected chi connectivity index (χ2v) is 8.40. The minimum absolute atomic E-state index is 0.174. The van der Waals surface area contributed by atoms with Gasteiger partial charge in [-0.2, -0.15) is 0 Å². The molecule has 0 spiro atoms. The van der Waals surface area contributed by atoms with Crippen molar-refractivity contribution in [2.45, 2.75) is 11.8 Å². The predicted octanol–water partition coefficient (Wildman–Crippen LogP) is 0.945. The number of benzene rings is 1. The quantitative estimate of drug-likeness (QED) is 0.704. The van der Waals surface area contributed by atoms with Gasteiger partial charge in [-0.25, -0.2) is 35.1 Å². The first-order valence-corrected chi connectivity index (χ1v) is 9.63. The zero-order valence-electron chi connectivity index (χ0n) is 10.9. The average molecular weight is 407 g/mol. The van der Waals surface area contributed by atoms with E-state index in [1.165, 1.54) is 0 Å². The Hall–Kier alpha value is -0.620. The lowest BCUT2D eigenvalue weighted by Crippen LogP contribution is -2.34. The fourth-order valence-electron chi connectivity index (χ4n) is 1.46. The van der Waals surface area contributed by atoms with Gasteiger partial charge in [0.25, 0.3) is 0 Å². The van der Waals surface area contributed by atoms with Gasteiger partial charge in [0.15, 0.2) is 0 Å². The summed E-state index contributed by atoms with van der Waals surface area (Å²) in [6.45, 7) is 1.31. The van der Waals surface area contributed by atoms with Crippen LogP contribution in [0.3, 0.4) is 0 Å². The Morgan fingerprint density at radius 3 is 2.29 bits per heavy atom. The molecule has 21 heavy (non-hydrogen) atoms. The topological polar surface area (TPSA) is 92.3 Å². The highest BCUT2D eigenvalue weighted by atomic mass is 79.9. The molecule has 0 atom stereocenters. The molecule has 0 heterocycles. The standard InChI is InChI=1S/C10H13BrF2N2O4S2/c1-2-14-20(16,17)4-3-15-21(18,19)10-8(11)5-7(12)6-9(10)13/h5-6,14-15H,2-4H2,1H3. The Labute approximate surface area is 130 Å². The van der Waals surface area contributed by atoms with Crippen LogP contribution in [0.1, 0.15) is 6.92 Å². The Bertz CT molecular complexity index is 700. The van der Waals surface area contributed by atoms with Gasteiger partial charge < -0.3 is 0 Å². The zero-order valence-corrected chi connectivity index (χ0v) is 14.1. The van der Waals surface area contributed by atoms with Gasteiger partial charge in [0, 0.05) is 23.6 Å². The van der Waals surface area contributed by atoms with E-state index in [1.807, 2.05) is 4.72 Å². The van der Waals surface area contributed by atoms with Crippen molar-refractivity contribution in [2.24, 2.45) is 0 Å². The molecule has 6 nitrogen and oxygen atoms in total. The fourth-order valence-corrected chi connectivity index (χ4v) is 4.74. The molecule has 120 valence electrons. The zero-order chi connectivity index (χ0) is 16.3. The van der Waals surface area contributed by atoms with Crippen molar-refractivity contribution in [3.05, 3.63) is 28.2 Å². The number of hydrogen-bond donors (Lipinski definition) is 2. The van der Waals surface area contributed by atoms with Crippen LogP contribution in [0, 0.1) is 11.6 Å². The summed E-state index contributed by atoms with van der Waals surface area (Å²) in [4.78, 5) is -0.773. The molecular formula is C10H13BrF2N2O4S2. The Balaban J connectivity index is 2.89. The van der Waals surface area contributed by atoms with Gasteiger partial charge in [0.1, 0.15) is 16.5 Å². The lowest BCUT2D eigenvalue weighted by molar-refractivity contribution is 0.541. The molecule has 0 aliphatic rings. The molecule has 1 rings (SSSR count). The monoisotopic (exact) mass is 406 g/mol. The molecule has 0 aliphatic heterocycles. The molecule has 0 amide bonds. The number of nitrogens with one attached hydrogen (secondary N) is 2. The highest BCUT2D eigenvalue weighted by molar-refractivity contribution is 9.10. The molecule has 0 radical (unpaired) electrons. The van der Waals surface area contributed by atoms with Gasteiger partial charge in [-0.1, -0.05) is 6.92 Å². The molecule has 2 N–H and O–H groups in total. The van der Waals surface area contributed by atoms with E-state index in [2.05, 4.69) is 20.7 Å². The molecule has 0 unspecified atom stereocenters. The van der Waals surface area contributed by atoms with E-state index in [-0.39, 0.29) is 11.0 Å². The van der Waals surface area contributed by atoms with Crippen LogP contribution in [0.15, 0.2) is 21.5 Å². The van der Waals surface area contributed by atoms with Gasteiger partial charge in [-0.05, 0) is 22.0 Å². The van der Waals surface area contributed by atoms with E-state index in [0.29, 0.717) is 6.07 Å². The van der Waals surface area contributed by atoms with Crippen molar-refractivity contribution in [3.63, 3.8) is 0 Å². The first kappa shape index (κ1) is 18.4. The maximum atomic E-state index is 13.6. The average Bonchev–Trinajstić information content (AvgIpc) is 2.25. The van der Waals surface area contributed by atoms with Crippen molar-refractivity contribution >= 4 is 36.0 Å². The van der Waals surface area contributed by atoms with Crippen molar-refractivity contribution < 1.29 is 25.6 Å². The maximum Gasteiger partial charge on any atom is 0.244 e. The molecule has 0 saturated heterocycles. The second-order valence-electron chi connectivity index (χ2n) is 3.91. The Kier molecular flexibility index (Phi) is 6.23. The van der Waals surface area contributed by atoms with Crippen LogP contribution in [-0.2, 0) is 20.0 Å².